The van der Waals surface area contributed by atoms with E-state index in [4.69, 9.17) is 0 Å². The van der Waals surface area contributed by atoms with Gasteiger partial charge < -0.3 is 0 Å². The van der Waals surface area contributed by atoms with Crippen LogP contribution in [0.15, 0.2) is 30.3 Å². The minimum Gasteiger partial charge on any atom is -0.194 e. The highest BCUT2D eigenvalue weighted by Gasteiger charge is 3.01. The van der Waals surface area contributed by atoms with Crippen LogP contribution in [0.2, 0.25) is 0 Å². The molecule has 0 saturated carbocycles. The highest BCUT2D eigenvalue weighted by atomic mass is 19.4. The Morgan fingerprint density at radius 1 is 0.212 bits per heavy atom. The SMILES string of the molecule is FC(F)(F)C(F)(F)C(F)(F)C(F)(F)C(F)(F)C(F)(F)C(F)(F)C(F)(F)C(F)(F)C(F)(F)C(F)(F)C(F)(F)C(F)(F)C(F)(F)C(F)(F)c1ccccc1. The Morgan fingerprint density at radius 2 is 0.385 bits per heavy atom. The Bertz CT molecular complexity index is 1430. The predicted octanol–water partition coefficient (Wildman–Crippen LogP) is 11.6. The summed E-state index contributed by atoms with van der Waals surface area (Å²) in [5.74, 6) is -131. The lowest BCUT2D eigenvalue weighted by Crippen LogP contribution is -2.79. The van der Waals surface area contributed by atoms with Crippen molar-refractivity contribution in [3.8, 4) is 0 Å². The van der Waals surface area contributed by atoms with E-state index in [-0.39, 0.29) is 12.1 Å². The van der Waals surface area contributed by atoms with Crippen LogP contribution in [0, 0.1) is 0 Å². The van der Waals surface area contributed by atoms with Crippen molar-refractivity contribution in [3.63, 3.8) is 0 Å². The van der Waals surface area contributed by atoms with Crippen LogP contribution >= 0.6 is 0 Å². The van der Waals surface area contributed by atoms with Crippen molar-refractivity contribution in [2.24, 2.45) is 0 Å². The molecule has 0 amide bonds. The highest BCUT2D eigenvalue weighted by Crippen LogP contribution is 2.69. The second-order valence-corrected chi connectivity index (χ2v) is 9.91. The van der Waals surface area contributed by atoms with E-state index < -0.39 is 107 Å². The molecule has 0 N–H and O–H groups in total. The Labute approximate surface area is 262 Å². The van der Waals surface area contributed by atoms with Crippen molar-refractivity contribution in [2.45, 2.75) is 89.1 Å². The molecule has 0 unspecified atom stereocenters. The minimum absolute atomic E-state index is 0.152. The normalized spacial score (nSPS) is 16.8. The van der Waals surface area contributed by atoms with Crippen LogP contribution in [-0.4, -0.2) is 83.2 Å². The Kier molecular flexibility index (Phi) is 10.7. The molecule has 0 aliphatic heterocycles. The molecule has 0 atom stereocenters. The quantitative estimate of drug-likeness (QED) is 0.164. The zero-order valence-corrected chi connectivity index (χ0v) is 22.6. The molecule has 1 aromatic carbocycles. The van der Waals surface area contributed by atoms with E-state index in [0.29, 0.717) is 6.07 Å². The van der Waals surface area contributed by atoms with Gasteiger partial charge in [0.25, 0.3) is 0 Å². The smallest absolute Gasteiger partial charge is 0.194 e. The number of hydrogen-bond donors (Lipinski definition) is 0. The zero-order valence-electron chi connectivity index (χ0n) is 22.6. The van der Waals surface area contributed by atoms with Gasteiger partial charge in [0, 0.05) is 5.56 Å². The van der Waals surface area contributed by atoms with Crippen molar-refractivity contribution in [1.29, 1.82) is 0 Å². The van der Waals surface area contributed by atoms with Gasteiger partial charge in [-0.25, -0.2) is 0 Å². The van der Waals surface area contributed by atoms with Crippen LogP contribution in [-0.2, 0) is 5.92 Å². The first-order chi connectivity index (χ1) is 22.1. The van der Waals surface area contributed by atoms with Crippen molar-refractivity contribution in [2.75, 3.05) is 0 Å². The minimum atomic E-state index is -10.1. The van der Waals surface area contributed by atoms with Gasteiger partial charge in [0.1, 0.15) is 0 Å². The molecule has 0 aromatic heterocycles. The van der Waals surface area contributed by atoms with Gasteiger partial charge in [0.2, 0.25) is 0 Å². The summed E-state index contributed by atoms with van der Waals surface area (Å²) in [5.41, 5.74) is -2.65. The van der Waals surface area contributed by atoms with Crippen LogP contribution in [0.25, 0.3) is 0 Å². The maximum Gasteiger partial charge on any atom is 0.460 e. The van der Waals surface area contributed by atoms with Gasteiger partial charge in [0.15, 0.2) is 0 Å². The number of halogens is 31. The van der Waals surface area contributed by atoms with Gasteiger partial charge >= 0.3 is 89.1 Å². The second-order valence-electron chi connectivity index (χ2n) is 9.91. The summed E-state index contributed by atoms with van der Waals surface area (Å²) in [5, 5.41) is 0. The first kappa shape index (κ1) is 47.1. The molecule has 31 heteroatoms. The van der Waals surface area contributed by atoms with Gasteiger partial charge in [-0.2, -0.15) is 136 Å². The van der Waals surface area contributed by atoms with E-state index in [1.807, 2.05) is 0 Å². The average molecular weight is 846 g/mol. The fourth-order valence-corrected chi connectivity index (χ4v) is 3.37. The van der Waals surface area contributed by atoms with Gasteiger partial charge in [0.05, 0.1) is 0 Å². The number of hydrogen-bond acceptors (Lipinski definition) is 0. The molecule has 0 fully saturated rings. The van der Waals surface area contributed by atoms with Gasteiger partial charge in [-0.1, -0.05) is 30.3 Å². The summed E-state index contributed by atoms with van der Waals surface area (Å²) in [7, 11) is 0. The van der Waals surface area contributed by atoms with Crippen LogP contribution in [0.1, 0.15) is 5.56 Å². The highest BCUT2D eigenvalue weighted by molar-refractivity contribution is 5.27. The topological polar surface area (TPSA) is 0 Å². The molecule has 52 heavy (non-hydrogen) atoms. The summed E-state index contributed by atoms with van der Waals surface area (Å²) < 4.78 is 421. The van der Waals surface area contributed by atoms with Crippen molar-refractivity contribution in [1.82, 2.24) is 0 Å². The third kappa shape index (κ3) is 5.31. The monoisotopic (exact) mass is 846 g/mol. The van der Waals surface area contributed by atoms with E-state index in [2.05, 4.69) is 0 Å². The molecular weight excluding hydrogens is 841 g/mol. The van der Waals surface area contributed by atoms with Crippen molar-refractivity contribution < 1.29 is 136 Å². The Balaban J connectivity index is 4.01. The first-order valence-corrected chi connectivity index (χ1v) is 11.5. The maximum atomic E-state index is 14.0. The lowest BCUT2D eigenvalue weighted by Gasteiger charge is -2.46. The zero-order chi connectivity index (χ0) is 42.6. The van der Waals surface area contributed by atoms with E-state index in [0.717, 1.165) is 0 Å². The Hall–Kier alpha value is -2.95. The molecule has 0 aliphatic rings. The molecule has 1 rings (SSSR count). The first-order valence-electron chi connectivity index (χ1n) is 11.5. The van der Waals surface area contributed by atoms with Gasteiger partial charge in [-0.05, 0) is 0 Å². The third-order valence-corrected chi connectivity index (χ3v) is 6.62. The molecule has 0 radical (unpaired) electrons. The summed E-state index contributed by atoms with van der Waals surface area (Å²) in [6.45, 7) is 0. The number of benzene rings is 1. The van der Waals surface area contributed by atoms with Crippen molar-refractivity contribution >= 4 is 0 Å². The molecular formula is C21H5F31. The number of rotatable bonds is 14. The molecule has 1 aromatic rings. The fourth-order valence-electron chi connectivity index (χ4n) is 3.37. The standard InChI is InChI=1S/C21H5F31/c22-7(23,6-4-2-1-3-5-6)8(24,25)9(26,27)10(28,29)11(30,31)12(32,33)13(34,35)14(36,37)15(38,39)16(40,41)17(42,43)18(44,45)19(46,47)20(48,49)21(50,51)52/h1-5H. The van der Waals surface area contributed by atoms with E-state index >= 15 is 0 Å². The van der Waals surface area contributed by atoms with E-state index in [9.17, 15) is 136 Å². The van der Waals surface area contributed by atoms with Gasteiger partial charge in [-0.15, -0.1) is 0 Å². The molecule has 0 spiro atoms. The fraction of sp³-hybridized carbons (Fsp3) is 0.714. The molecule has 0 heterocycles. The van der Waals surface area contributed by atoms with Gasteiger partial charge in [-0.3, -0.25) is 0 Å². The largest absolute Gasteiger partial charge is 0.460 e. The maximum absolute atomic E-state index is 14.0. The summed E-state index contributed by atoms with van der Waals surface area (Å²) >= 11 is 0. The summed E-state index contributed by atoms with van der Waals surface area (Å²) in [6, 6.07) is -0.0314. The average Bonchev–Trinajstić information content (AvgIpc) is 2.95. The van der Waals surface area contributed by atoms with Crippen LogP contribution < -0.4 is 0 Å². The molecule has 0 nitrogen and oxygen atoms in total. The molecule has 306 valence electrons. The van der Waals surface area contributed by atoms with E-state index in [1.165, 1.54) is 0 Å². The lowest BCUT2D eigenvalue weighted by molar-refractivity contribution is -0.489. The van der Waals surface area contributed by atoms with E-state index in [1.54, 1.807) is 0 Å². The molecule has 0 aliphatic carbocycles. The molecule has 0 saturated heterocycles. The summed E-state index contributed by atoms with van der Waals surface area (Å²) in [4.78, 5) is 0. The predicted molar refractivity (Wildman–Crippen MR) is 101 cm³/mol. The van der Waals surface area contributed by atoms with Crippen LogP contribution in [0.5, 0.6) is 0 Å². The van der Waals surface area contributed by atoms with Crippen LogP contribution in [0.4, 0.5) is 136 Å². The number of alkyl halides is 31. The van der Waals surface area contributed by atoms with Crippen molar-refractivity contribution in [3.05, 3.63) is 35.9 Å². The molecule has 0 bridgehead atoms. The second kappa shape index (κ2) is 11.8. The van der Waals surface area contributed by atoms with Crippen LogP contribution in [0.3, 0.4) is 0 Å². The summed E-state index contributed by atoms with van der Waals surface area (Å²) in [6.07, 6.45) is -8.34. The Morgan fingerprint density at radius 3 is 0.577 bits per heavy atom. The third-order valence-electron chi connectivity index (χ3n) is 6.62. The lowest BCUT2D eigenvalue weighted by atomic mass is 9.82.